The number of esters is 1. The summed E-state index contributed by atoms with van der Waals surface area (Å²) in [5, 5.41) is 0. The minimum absolute atomic E-state index is 0.192. The van der Waals surface area contributed by atoms with Gasteiger partial charge in [0.2, 0.25) is 0 Å². The van der Waals surface area contributed by atoms with Crippen molar-refractivity contribution in [2.24, 2.45) is 5.73 Å². The number of methoxy groups -OCH3 is 1. The lowest BCUT2D eigenvalue weighted by Crippen LogP contribution is -2.43. The van der Waals surface area contributed by atoms with Crippen molar-refractivity contribution in [2.75, 3.05) is 13.7 Å². The van der Waals surface area contributed by atoms with Gasteiger partial charge in [0.25, 0.3) is 0 Å². The Labute approximate surface area is 125 Å². The minimum atomic E-state index is -0.380. The summed E-state index contributed by atoms with van der Waals surface area (Å²) in [6.07, 6.45) is 8.49. The number of hydrogen-bond donors (Lipinski definition) is 1. The Kier molecular flexibility index (Phi) is 5.70. The lowest BCUT2D eigenvalue weighted by Gasteiger charge is -2.27. The molecule has 1 fully saturated rings. The van der Waals surface area contributed by atoms with Crippen molar-refractivity contribution >= 4 is 5.97 Å². The minimum Gasteiger partial charge on any atom is -0.465 e. The fourth-order valence-electron chi connectivity index (χ4n) is 2.68. The normalized spacial score (nSPS) is 18.0. The molecule has 1 saturated carbocycles. The molecule has 0 bridgehead atoms. The molecule has 0 spiro atoms. The molecule has 0 amide bonds. The quantitative estimate of drug-likeness (QED) is 0.666. The molecule has 0 atom stereocenters. The Morgan fingerprint density at radius 3 is 2.57 bits per heavy atom. The number of carbonyl (C=O) groups is 1. The molecule has 116 valence electrons. The van der Waals surface area contributed by atoms with Gasteiger partial charge in [-0.3, -0.25) is 4.98 Å². The molecule has 1 aromatic heterocycles. The number of carbonyl (C=O) groups excluding carboxylic acids is 1. The van der Waals surface area contributed by atoms with E-state index in [1.165, 1.54) is 39.0 Å². The third-order valence-electron chi connectivity index (χ3n) is 3.98. The van der Waals surface area contributed by atoms with Gasteiger partial charge in [0.05, 0.1) is 31.6 Å². The van der Waals surface area contributed by atoms with Crippen LogP contribution in [0.3, 0.4) is 0 Å². The molecule has 1 heterocycles. The number of rotatable bonds is 5. The lowest BCUT2D eigenvalue weighted by atomic mass is 9.93. The second-order valence-corrected chi connectivity index (χ2v) is 5.80. The van der Waals surface area contributed by atoms with E-state index in [1.54, 1.807) is 12.1 Å². The van der Waals surface area contributed by atoms with Crippen molar-refractivity contribution < 1.29 is 14.3 Å². The highest BCUT2D eigenvalue weighted by molar-refractivity contribution is 5.88. The Morgan fingerprint density at radius 1 is 1.29 bits per heavy atom. The van der Waals surface area contributed by atoms with E-state index < -0.39 is 0 Å². The molecule has 0 aromatic carbocycles. The monoisotopic (exact) mass is 292 g/mol. The molecule has 2 N–H and O–H groups in total. The molecule has 1 aliphatic carbocycles. The summed E-state index contributed by atoms with van der Waals surface area (Å²) >= 11 is 0. The summed E-state index contributed by atoms with van der Waals surface area (Å²) in [7, 11) is 1.35. The Bertz CT molecular complexity index is 451. The molecule has 0 radical (unpaired) electrons. The summed E-state index contributed by atoms with van der Waals surface area (Å²) in [4.78, 5) is 15.5. The third kappa shape index (κ3) is 4.79. The summed E-state index contributed by atoms with van der Waals surface area (Å²) in [5.74, 6) is -0.380. The van der Waals surface area contributed by atoms with Crippen LogP contribution in [-0.2, 0) is 16.1 Å². The smallest absolute Gasteiger partial charge is 0.339 e. The van der Waals surface area contributed by atoms with Gasteiger partial charge in [-0.1, -0.05) is 25.7 Å². The number of ether oxygens (including phenoxy) is 2. The van der Waals surface area contributed by atoms with Gasteiger partial charge >= 0.3 is 5.97 Å². The van der Waals surface area contributed by atoms with E-state index in [-0.39, 0.29) is 11.5 Å². The van der Waals surface area contributed by atoms with Crippen LogP contribution < -0.4 is 5.73 Å². The highest BCUT2D eigenvalue weighted by Gasteiger charge is 2.26. The van der Waals surface area contributed by atoms with E-state index in [2.05, 4.69) is 9.72 Å². The van der Waals surface area contributed by atoms with Crippen LogP contribution in [0.5, 0.6) is 0 Å². The van der Waals surface area contributed by atoms with Crippen molar-refractivity contribution in [3.8, 4) is 0 Å². The largest absolute Gasteiger partial charge is 0.465 e. The topological polar surface area (TPSA) is 74.4 Å². The molecule has 1 aliphatic rings. The number of pyridine rings is 1. The summed E-state index contributed by atoms with van der Waals surface area (Å²) < 4.78 is 10.4. The van der Waals surface area contributed by atoms with E-state index in [0.29, 0.717) is 18.8 Å². The summed E-state index contributed by atoms with van der Waals surface area (Å²) in [6.45, 7) is 0.980. The van der Waals surface area contributed by atoms with Gasteiger partial charge < -0.3 is 15.2 Å². The van der Waals surface area contributed by atoms with Crippen LogP contribution in [0.25, 0.3) is 0 Å². The maximum absolute atomic E-state index is 11.3. The van der Waals surface area contributed by atoms with E-state index in [0.717, 1.165) is 18.5 Å². The van der Waals surface area contributed by atoms with Crippen molar-refractivity contribution in [2.45, 2.75) is 50.7 Å². The zero-order chi connectivity index (χ0) is 15.1. The molecule has 0 aliphatic heterocycles. The van der Waals surface area contributed by atoms with Gasteiger partial charge in [-0.05, 0) is 25.0 Å². The van der Waals surface area contributed by atoms with E-state index >= 15 is 0 Å². The highest BCUT2D eigenvalue weighted by atomic mass is 16.5. The van der Waals surface area contributed by atoms with Crippen molar-refractivity contribution in [3.05, 3.63) is 29.6 Å². The van der Waals surface area contributed by atoms with Gasteiger partial charge in [0.15, 0.2) is 0 Å². The average Bonchev–Trinajstić information content (AvgIpc) is 2.72. The molecule has 0 unspecified atom stereocenters. The molecule has 0 saturated heterocycles. The van der Waals surface area contributed by atoms with Gasteiger partial charge in [-0.25, -0.2) is 4.79 Å². The molecule has 21 heavy (non-hydrogen) atoms. The third-order valence-corrected chi connectivity index (χ3v) is 3.98. The van der Waals surface area contributed by atoms with E-state index in [1.807, 2.05) is 0 Å². The number of aromatic nitrogens is 1. The van der Waals surface area contributed by atoms with Gasteiger partial charge in [-0.2, -0.15) is 0 Å². The molecule has 1 aromatic rings. The van der Waals surface area contributed by atoms with Crippen LogP contribution in [0.4, 0.5) is 0 Å². The predicted octanol–water partition coefficient (Wildman–Crippen LogP) is 2.44. The lowest BCUT2D eigenvalue weighted by molar-refractivity contribution is 0.0597. The maximum Gasteiger partial charge on any atom is 0.339 e. The number of nitrogens with zero attached hydrogens (tertiary/aromatic N) is 1. The number of nitrogens with two attached hydrogens (primary N) is 1. The van der Waals surface area contributed by atoms with Crippen molar-refractivity contribution in [3.63, 3.8) is 0 Å². The second-order valence-electron chi connectivity index (χ2n) is 5.80. The first-order valence-corrected chi connectivity index (χ1v) is 7.53. The highest BCUT2D eigenvalue weighted by Crippen LogP contribution is 2.25. The Hall–Kier alpha value is -1.46. The van der Waals surface area contributed by atoms with Crippen LogP contribution in [-0.4, -0.2) is 30.2 Å². The Morgan fingerprint density at radius 2 is 2.00 bits per heavy atom. The standard InChI is InChI=1S/C16H24N2O3/c1-20-15(19)13-6-7-14(18-10-13)11-21-12-16(17)8-4-2-3-5-9-16/h6-7,10H,2-5,8-9,11-12,17H2,1H3. The van der Waals surface area contributed by atoms with Gasteiger partial charge in [0, 0.05) is 11.7 Å². The summed E-state index contributed by atoms with van der Waals surface area (Å²) in [6, 6.07) is 3.48. The fourth-order valence-corrected chi connectivity index (χ4v) is 2.68. The molecular weight excluding hydrogens is 268 g/mol. The first-order valence-electron chi connectivity index (χ1n) is 7.53. The van der Waals surface area contributed by atoms with Gasteiger partial charge in [0.1, 0.15) is 0 Å². The fraction of sp³-hybridized carbons (Fsp3) is 0.625. The van der Waals surface area contributed by atoms with Crippen LogP contribution in [0.1, 0.15) is 54.6 Å². The molecule has 5 heteroatoms. The molecule has 2 rings (SSSR count). The van der Waals surface area contributed by atoms with E-state index in [9.17, 15) is 4.79 Å². The zero-order valence-electron chi connectivity index (χ0n) is 12.6. The first-order chi connectivity index (χ1) is 10.1. The SMILES string of the molecule is COC(=O)c1ccc(COCC2(N)CCCCCC2)nc1. The van der Waals surface area contributed by atoms with Crippen molar-refractivity contribution in [1.82, 2.24) is 4.98 Å². The van der Waals surface area contributed by atoms with Crippen molar-refractivity contribution in [1.29, 1.82) is 0 Å². The van der Waals surface area contributed by atoms with E-state index in [4.69, 9.17) is 10.5 Å². The van der Waals surface area contributed by atoms with Crippen LogP contribution >= 0.6 is 0 Å². The van der Waals surface area contributed by atoms with Crippen LogP contribution in [0.15, 0.2) is 18.3 Å². The Balaban J connectivity index is 1.81. The maximum atomic E-state index is 11.3. The molecule has 5 nitrogen and oxygen atoms in total. The predicted molar refractivity (Wildman–Crippen MR) is 79.9 cm³/mol. The zero-order valence-corrected chi connectivity index (χ0v) is 12.6. The summed E-state index contributed by atoms with van der Waals surface area (Å²) in [5.41, 5.74) is 7.44. The molecular formula is C16H24N2O3. The number of hydrogen-bond acceptors (Lipinski definition) is 5. The first kappa shape index (κ1) is 15.9. The van der Waals surface area contributed by atoms with Crippen LogP contribution in [0.2, 0.25) is 0 Å². The van der Waals surface area contributed by atoms with Crippen LogP contribution in [0, 0.1) is 0 Å². The second kappa shape index (κ2) is 7.52. The average molecular weight is 292 g/mol. The van der Waals surface area contributed by atoms with Gasteiger partial charge in [-0.15, -0.1) is 0 Å².